The summed E-state index contributed by atoms with van der Waals surface area (Å²) < 4.78 is 7.11. The van der Waals surface area contributed by atoms with Crippen molar-refractivity contribution in [2.24, 2.45) is 5.92 Å². The molecule has 2 aromatic heterocycles. The molecule has 0 aliphatic carbocycles. The summed E-state index contributed by atoms with van der Waals surface area (Å²) in [7, 11) is 2.06. The first-order valence-corrected chi connectivity index (χ1v) is 8.49. The molecule has 3 aromatic rings. The smallest absolute Gasteiger partial charge is 0.240 e. The van der Waals surface area contributed by atoms with Crippen LogP contribution in [0.4, 0.5) is 0 Å². The Labute approximate surface area is 147 Å². The number of hydrogen-bond acceptors (Lipinski definition) is 6. The maximum atomic E-state index is 5.37. The van der Waals surface area contributed by atoms with Gasteiger partial charge in [-0.15, -0.1) is 0 Å². The molecule has 0 amide bonds. The van der Waals surface area contributed by atoms with Gasteiger partial charge in [0.05, 0.1) is 12.2 Å². The van der Waals surface area contributed by atoms with Gasteiger partial charge in [0, 0.05) is 12.5 Å². The monoisotopic (exact) mass is 340 g/mol. The van der Waals surface area contributed by atoms with Gasteiger partial charge in [-0.2, -0.15) is 10.1 Å². The summed E-state index contributed by atoms with van der Waals surface area (Å²) in [6.07, 6.45) is 4.06. The molecule has 3 rings (SSSR count). The molecule has 2 heterocycles. The van der Waals surface area contributed by atoms with Crippen LogP contribution in [0.3, 0.4) is 0 Å². The molecule has 7 nitrogen and oxygen atoms in total. The van der Waals surface area contributed by atoms with E-state index < -0.39 is 0 Å². The molecule has 0 fully saturated rings. The summed E-state index contributed by atoms with van der Waals surface area (Å²) in [5.41, 5.74) is 2.21. The molecule has 132 valence electrons. The predicted molar refractivity (Wildman–Crippen MR) is 94.1 cm³/mol. The van der Waals surface area contributed by atoms with E-state index in [-0.39, 0.29) is 6.04 Å². The second kappa shape index (κ2) is 7.57. The van der Waals surface area contributed by atoms with Gasteiger partial charge in [0.15, 0.2) is 5.82 Å². The molecular weight excluding hydrogens is 316 g/mol. The van der Waals surface area contributed by atoms with Gasteiger partial charge in [0.25, 0.3) is 0 Å². The van der Waals surface area contributed by atoms with Gasteiger partial charge in [-0.25, -0.2) is 9.67 Å². The van der Waals surface area contributed by atoms with Crippen molar-refractivity contribution in [3.05, 3.63) is 54.2 Å². The highest BCUT2D eigenvalue weighted by Gasteiger charge is 2.16. The van der Waals surface area contributed by atoms with Crippen LogP contribution in [0.5, 0.6) is 0 Å². The normalized spacial score (nSPS) is 12.9. The predicted octanol–water partition coefficient (Wildman–Crippen LogP) is 3.04. The second-order valence-corrected chi connectivity index (χ2v) is 6.72. The zero-order valence-corrected chi connectivity index (χ0v) is 15.1. The van der Waals surface area contributed by atoms with Crippen LogP contribution in [-0.4, -0.2) is 36.9 Å². The molecule has 0 saturated heterocycles. The van der Waals surface area contributed by atoms with Crippen molar-refractivity contribution >= 4 is 0 Å². The Bertz CT molecular complexity index is 778. The topological polar surface area (TPSA) is 72.9 Å². The van der Waals surface area contributed by atoms with Gasteiger partial charge >= 0.3 is 0 Å². The minimum absolute atomic E-state index is 0.227. The van der Waals surface area contributed by atoms with Crippen LogP contribution in [0.1, 0.15) is 44.1 Å². The van der Waals surface area contributed by atoms with Gasteiger partial charge in [0.1, 0.15) is 12.7 Å². The van der Waals surface area contributed by atoms with Crippen LogP contribution in [0.15, 0.2) is 41.4 Å². The lowest BCUT2D eigenvalue weighted by molar-refractivity contribution is 0.216. The number of aromatic nitrogens is 5. The van der Waals surface area contributed by atoms with E-state index in [0.717, 1.165) is 17.9 Å². The molecule has 0 N–H and O–H groups in total. The van der Waals surface area contributed by atoms with Crippen molar-refractivity contribution in [2.45, 2.75) is 39.8 Å². The van der Waals surface area contributed by atoms with Crippen LogP contribution in [-0.2, 0) is 13.0 Å². The molecule has 1 atom stereocenters. The lowest BCUT2D eigenvalue weighted by atomic mass is 10.1. The van der Waals surface area contributed by atoms with Crippen molar-refractivity contribution in [2.75, 3.05) is 7.05 Å². The average Bonchev–Trinajstić information content (AvgIpc) is 3.26. The van der Waals surface area contributed by atoms with Crippen molar-refractivity contribution in [3.63, 3.8) is 0 Å². The Morgan fingerprint density at radius 2 is 1.92 bits per heavy atom. The first-order valence-electron chi connectivity index (χ1n) is 8.49. The molecule has 0 saturated carbocycles. The summed E-state index contributed by atoms with van der Waals surface area (Å²) in [4.78, 5) is 10.6. The summed E-state index contributed by atoms with van der Waals surface area (Å²) in [6, 6.07) is 8.53. The third-order valence-electron chi connectivity index (χ3n) is 4.21. The van der Waals surface area contributed by atoms with Crippen LogP contribution >= 0.6 is 0 Å². The Balaban J connectivity index is 1.63. The van der Waals surface area contributed by atoms with Crippen LogP contribution < -0.4 is 0 Å². The van der Waals surface area contributed by atoms with E-state index >= 15 is 0 Å². The van der Waals surface area contributed by atoms with Crippen molar-refractivity contribution in [1.29, 1.82) is 0 Å². The summed E-state index contributed by atoms with van der Waals surface area (Å²) in [6.45, 7) is 7.08. The largest absolute Gasteiger partial charge is 0.338 e. The Kier molecular flexibility index (Phi) is 5.23. The average molecular weight is 340 g/mol. The number of benzene rings is 1. The molecule has 0 spiro atoms. The van der Waals surface area contributed by atoms with Crippen LogP contribution in [0.2, 0.25) is 0 Å². The highest BCUT2D eigenvalue weighted by molar-refractivity contribution is 5.34. The summed E-state index contributed by atoms with van der Waals surface area (Å²) in [5, 5.41) is 8.20. The van der Waals surface area contributed by atoms with Crippen LogP contribution in [0.25, 0.3) is 5.69 Å². The van der Waals surface area contributed by atoms with E-state index in [2.05, 4.69) is 65.1 Å². The Morgan fingerprint density at radius 3 is 2.56 bits per heavy atom. The molecule has 0 aliphatic rings. The molecular formula is C18H24N6O. The van der Waals surface area contributed by atoms with Gasteiger partial charge in [-0.1, -0.05) is 31.1 Å². The quantitative estimate of drug-likeness (QED) is 0.658. The Hall–Kier alpha value is -2.54. The van der Waals surface area contributed by atoms with E-state index in [1.54, 1.807) is 11.0 Å². The van der Waals surface area contributed by atoms with E-state index in [4.69, 9.17) is 4.52 Å². The van der Waals surface area contributed by atoms with Gasteiger partial charge in [0.2, 0.25) is 5.89 Å². The van der Waals surface area contributed by atoms with Gasteiger partial charge in [-0.3, -0.25) is 4.90 Å². The third kappa shape index (κ3) is 4.30. The third-order valence-corrected chi connectivity index (χ3v) is 4.21. The first-order chi connectivity index (χ1) is 12.0. The standard InChI is InChI=1S/C18H24N6O/c1-13(2)9-17-21-18(25-22-17)10-23(4)14(3)15-5-7-16(8-6-15)24-12-19-11-20-24/h5-8,11-14H,9-10H2,1-4H3/t14-/m1/s1. The molecule has 7 heteroatoms. The summed E-state index contributed by atoms with van der Waals surface area (Å²) >= 11 is 0. The van der Waals surface area contributed by atoms with E-state index in [1.807, 2.05) is 12.1 Å². The lowest BCUT2D eigenvalue weighted by Gasteiger charge is -2.23. The minimum Gasteiger partial charge on any atom is -0.338 e. The minimum atomic E-state index is 0.227. The SMILES string of the molecule is CC(C)Cc1noc(CN(C)[C@H](C)c2ccc(-n3cncn3)cc2)n1. The second-order valence-electron chi connectivity index (χ2n) is 6.72. The van der Waals surface area contributed by atoms with E-state index in [0.29, 0.717) is 18.4 Å². The van der Waals surface area contributed by atoms with Gasteiger partial charge < -0.3 is 4.52 Å². The maximum absolute atomic E-state index is 5.37. The van der Waals surface area contributed by atoms with E-state index in [9.17, 15) is 0 Å². The molecule has 1 aromatic carbocycles. The first kappa shape index (κ1) is 17.3. The maximum Gasteiger partial charge on any atom is 0.240 e. The fourth-order valence-corrected chi connectivity index (χ4v) is 2.65. The highest BCUT2D eigenvalue weighted by Crippen LogP contribution is 2.21. The summed E-state index contributed by atoms with van der Waals surface area (Å²) in [5.74, 6) is 1.96. The van der Waals surface area contributed by atoms with Crippen LogP contribution in [0, 0.1) is 5.92 Å². The molecule has 0 radical (unpaired) electrons. The number of rotatable bonds is 7. The van der Waals surface area contributed by atoms with Crippen molar-refractivity contribution < 1.29 is 4.52 Å². The molecule has 0 aliphatic heterocycles. The fourth-order valence-electron chi connectivity index (χ4n) is 2.65. The number of hydrogen-bond donors (Lipinski definition) is 0. The van der Waals surface area contributed by atoms with E-state index in [1.165, 1.54) is 11.9 Å². The van der Waals surface area contributed by atoms with Gasteiger partial charge in [-0.05, 0) is 37.6 Å². The van der Waals surface area contributed by atoms with Crippen molar-refractivity contribution in [3.8, 4) is 5.69 Å². The lowest BCUT2D eigenvalue weighted by Crippen LogP contribution is -2.22. The molecule has 0 unspecified atom stereocenters. The number of nitrogens with zero attached hydrogens (tertiary/aromatic N) is 6. The molecule has 25 heavy (non-hydrogen) atoms. The zero-order chi connectivity index (χ0) is 17.8. The van der Waals surface area contributed by atoms with Crippen molar-refractivity contribution in [1.82, 2.24) is 29.8 Å². The highest BCUT2D eigenvalue weighted by atomic mass is 16.5. The fraction of sp³-hybridized carbons (Fsp3) is 0.444. The molecule has 0 bridgehead atoms. The Morgan fingerprint density at radius 1 is 1.16 bits per heavy atom. The zero-order valence-electron chi connectivity index (χ0n) is 15.1.